The topological polar surface area (TPSA) is 52.7 Å². The summed E-state index contributed by atoms with van der Waals surface area (Å²) >= 11 is 0. The van der Waals surface area contributed by atoms with Crippen LogP contribution < -0.4 is 14.5 Å². The lowest BCUT2D eigenvalue weighted by atomic mass is 10.1. The van der Waals surface area contributed by atoms with Crippen LogP contribution in [0.4, 0.5) is 11.4 Å². The first-order valence-electron chi connectivity index (χ1n) is 9.52. The molecule has 0 aliphatic carbocycles. The molecule has 0 atom stereocenters. The van der Waals surface area contributed by atoms with Gasteiger partial charge in [-0.05, 0) is 37.7 Å². The fourth-order valence-corrected chi connectivity index (χ4v) is 4.92. The highest BCUT2D eigenvalue weighted by Crippen LogP contribution is 2.33. The van der Waals surface area contributed by atoms with E-state index in [0.717, 1.165) is 42.6 Å². The fourth-order valence-electron chi connectivity index (χ4n) is 3.98. The molecule has 0 aromatic heterocycles. The maximum Gasteiger partial charge on any atom is 0.240 e. The Morgan fingerprint density at radius 1 is 0.750 bits per heavy atom. The second-order valence-electron chi connectivity index (χ2n) is 7.10. The monoisotopic (exact) mass is 395 g/mol. The Balaban J connectivity index is 1.65. The maximum atomic E-state index is 12.4. The minimum absolute atomic E-state index is 0.327. The van der Waals surface area contributed by atoms with Crippen molar-refractivity contribution in [1.82, 2.24) is 4.72 Å². The number of rotatable bonds is 4. The van der Waals surface area contributed by atoms with Crippen LogP contribution in [-0.2, 0) is 10.0 Å². The quantitative estimate of drug-likeness (QED) is 0.736. The molecule has 0 bridgehead atoms. The van der Waals surface area contributed by atoms with Crippen LogP contribution in [0.2, 0.25) is 0 Å². The Kier molecular flexibility index (Phi) is 5.00. The van der Waals surface area contributed by atoms with Gasteiger partial charge in [0.05, 0.1) is 4.90 Å². The molecule has 3 aromatic rings. The van der Waals surface area contributed by atoms with Gasteiger partial charge in [0, 0.05) is 48.3 Å². The summed E-state index contributed by atoms with van der Waals surface area (Å²) in [5.41, 5.74) is 3.68. The standard InChI is InChI=1S/C22H25N3O2S/c1-17-7-3-6-10-20(17)24-13-15-25(16-14-24)21-11-12-22(28(26,27)23-2)19-9-5-4-8-18(19)21/h3-12,23H,13-16H2,1-2H3. The van der Waals surface area contributed by atoms with Gasteiger partial charge in [-0.3, -0.25) is 0 Å². The van der Waals surface area contributed by atoms with Gasteiger partial charge in [-0.15, -0.1) is 0 Å². The molecule has 5 nitrogen and oxygen atoms in total. The molecule has 0 spiro atoms. The minimum atomic E-state index is -3.50. The number of nitrogens with zero attached hydrogens (tertiary/aromatic N) is 2. The van der Waals surface area contributed by atoms with Crippen molar-refractivity contribution in [2.75, 3.05) is 43.0 Å². The van der Waals surface area contributed by atoms with Crippen molar-refractivity contribution in [2.45, 2.75) is 11.8 Å². The molecule has 1 fully saturated rings. The lowest BCUT2D eigenvalue weighted by Gasteiger charge is -2.38. The Labute approximate surface area is 166 Å². The van der Waals surface area contributed by atoms with E-state index in [2.05, 4.69) is 45.7 Å². The molecule has 0 radical (unpaired) electrons. The van der Waals surface area contributed by atoms with Crippen LogP contribution in [0, 0.1) is 6.92 Å². The second-order valence-corrected chi connectivity index (χ2v) is 8.95. The summed E-state index contributed by atoms with van der Waals surface area (Å²) in [6, 6.07) is 19.9. The smallest absolute Gasteiger partial charge is 0.240 e. The first kappa shape index (κ1) is 18.8. The molecular formula is C22H25N3O2S. The average molecular weight is 396 g/mol. The zero-order valence-electron chi connectivity index (χ0n) is 16.2. The zero-order valence-corrected chi connectivity index (χ0v) is 17.0. The summed E-state index contributed by atoms with van der Waals surface area (Å²) in [5.74, 6) is 0. The fraction of sp³-hybridized carbons (Fsp3) is 0.273. The molecule has 6 heteroatoms. The van der Waals surface area contributed by atoms with Crippen LogP contribution in [0.15, 0.2) is 65.6 Å². The predicted molar refractivity (Wildman–Crippen MR) is 116 cm³/mol. The molecule has 1 heterocycles. The van der Waals surface area contributed by atoms with Crippen molar-refractivity contribution in [1.29, 1.82) is 0 Å². The van der Waals surface area contributed by atoms with Crippen molar-refractivity contribution in [3.63, 3.8) is 0 Å². The molecule has 1 N–H and O–H groups in total. The molecule has 3 aromatic carbocycles. The van der Waals surface area contributed by atoms with E-state index in [-0.39, 0.29) is 0 Å². The van der Waals surface area contributed by atoms with Crippen molar-refractivity contribution >= 4 is 32.2 Å². The molecule has 1 aliphatic rings. The lowest BCUT2D eigenvalue weighted by Crippen LogP contribution is -2.46. The molecule has 0 unspecified atom stereocenters. The largest absolute Gasteiger partial charge is 0.368 e. The van der Waals surface area contributed by atoms with Gasteiger partial charge >= 0.3 is 0 Å². The van der Waals surface area contributed by atoms with Gasteiger partial charge in [0.25, 0.3) is 0 Å². The molecular weight excluding hydrogens is 370 g/mol. The molecule has 1 aliphatic heterocycles. The van der Waals surface area contributed by atoms with Crippen LogP contribution >= 0.6 is 0 Å². The van der Waals surface area contributed by atoms with E-state index >= 15 is 0 Å². The molecule has 0 saturated carbocycles. The molecule has 146 valence electrons. The van der Waals surface area contributed by atoms with Gasteiger partial charge in [-0.2, -0.15) is 0 Å². The number of para-hydroxylation sites is 1. The van der Waals surface area contributed by atoms with Gasteiger partial charge in [-0.25, -0.2) is 13.1 Å². The summed E-state index contributed by atoms with van der Waals surface area (Å²) in [6.07, 6.45) is 0. The average Bonchev–Trinajstić information content (AvgIpc) is 2.73. The number of sulfonamides is 1. The van der Waals surface area contributed by atoms with Gasteiger partial charge < -0.3 is 9.80 Å². The Hall–Kier alpha value is -2.57. The highest BCUT2D eigenvalue weighted by atomic mass is 32.2. The minimum Gasteiger partial charge on any atom is -0.368 e. The van der Waals surface area contributed by atoms with Crippen LogP contribution in [0.1, 0.15) is 5.56 Å². The summed E-state index contributed by atoms with van der Waals surface area (Å²) in [7, 11) is -2.05. The summed E-state index contributed by atoms with van der Waals surface area (Å²) in [5, 5.41) is 1.74. The number of fused-ring (bicyclic) bond motifs is 1. The van der Waals surface area contributed by atoms with E-state index < -0.39 is 10.0 Å². The number of hydrogen-bond acceptors (Lipinski definition) is 4. The third kappa shape index (κ3) is 3.34. The third-order valence-electron chi connectivity index (χ3n) is 5.50. The number of benzene rings is 3. The molecule has 1 saturated heterocycles. The van der Waals surface area contributed by atoms with Crippen molar-refractivity contribution in [3.05, 3.63) is 66.2 Å². The molecule has 4 rings (SSSR count). The summed E-state index contributed by atoms with van der Waals surface area (Å²) < 4.78 is 27.2. The SMILES string of the molecule is CNS(=O)(=O)c1ccc(N2CCN(c3ccccc3C)CC2)c2ccccc12. The highest BCUT2D eigenvalue weighted by Gasteiger charge is 2.22. The maximum absolute atomic E-state index is 12.4. The van der Waals surface area contributed by atoms with Crippen molar-refractivity contribution in [2.24, 2.45) is 0 Å². The summed E-state index contributed by atoms with van der Waals surface area (Å²) in [6.45, 7) is 5.83. The van der Waals surface area contributed by atoms with E-state index in [9.17, 15) is 8.42 Å². The van der Waals surface area contributed by atoms with E-state index in [1.807, 2.05) is 30.3 Å². The van der Waals surface area contributed by atoms with Gasteiger partial charge in [0.2, 0.25) is 10.0 Å². The van der Waals surface area contributed by atoms with Gasteiger partial charge in [0.1, 0.15) is 0 Å². The lowest BCUT2D eigenvalue weighted by molar-refractivity contribution is 0.589. The van der Waals surface area contributed by atoms with E-state index in [4.69, 9.17) is 0 Å². The zero-order chi connectivity index (χ0) is 19.7. The third-order valence-corrected chi connectivity index (χ3v) is 6.97. The van der Waals surface area contributed by atoms with Crippen LogP contribution in [0.3, 0.4) is 0 Å². The van der Waals surface area contributed by atoms with E-state index in [1.54, 1.807) is 6.07 Å². The summed E-state index contributed by atoms with van der Waals surface area (Å²) in [4.78, 5) is 5.11. The van der Waals surface area contributed by atoms with Gasteiger partial charge in [0.15, 0.2) is 0 Å². The van der Waals surface area contributed by atoms with Crippen molar-refractivity contribution in [3.8, 4) is 0 Å². The van der Waals surface area contributed by atoms with E-state index in [1.165, 1.54) is 18.3 Å². The Bertz CT molecular complexity index is 1100. The van der Waals surface area contributed by atoms with E-state index in [0.29, 0.717) is 4.90 Å². The highest BCUT2D eigenvalue weighted by molar-refractivity contribution is 7.89. The number of nitrogens with one attached hydrogen (secondary N) is 1. The number of piperazine rings is 1. The second kappa shape index (κ2) is 7.45. The van der Waals surface area contributed by atoms with Gasteiger partial charge in [-0.1, -0.05) is 42.5 Å². The Morgan fingerprint density at radius 3 is 1.96 bits per heavy atom. The van der Waals surface area contributed by atoms with Crippen LogP contribution in [0.25, 0.3) is 10.8 Å². The first-order valence-corrected chi connectivity index (χ1v) is 11.0. The van der Waals surface area contributed by atoms with Crippen LogP contribution in [0.5, 0.6) is 0 Å². The molecule has 28 heavy (non-hydrogen) atoms. The normalized spacial score (nSPS) is 15.2. The number of hydrogen-bond donors (Lipinski definition) is 1. The van der Waals surface area contributed by atoms with Crippen LogP contribution in [-0.4, -0.2) is 41.6 Å². The van der Waals surface area contributed by atoms with Crippen molar-refractivity contribution < 1.29 is 8.42 Å². The number of aryl methyl sites for hydroxylation is 1. The first-order chi connectivity index (χ1) is 13.5. The Morgan fingerprint density at radius 2 is 1.32 bits per heavy atom. The number of anilines is 2. The predicted octanol–water partition coefficient (Wildman–Crippen LogP) is 3.38. The molecule has 0 amide bonds.